The van der Waals surface area contributed by atoms with E-state index in [1.165, 1.54) is 29.6 Å². The summed E-state index contributed by atoms with van der Waals surface area (Å²) in [6.45, 7) is 0.0315. The molecular weight excluding hydrogens is 405 g/mol. The van der Waals surface area contributed by atoms with E-state index >= 15 is 0 Å². The molecule has 0 spiro atoms. The van der Waals surface area contributed by atoms with E-state index in [0.717, 1.165) is 6.07 Å². The molecule has 0 saturated carbocycles. The summed E-state index contributed by atoms with van der Waals surface area (Å²) in [6.07, 6.45) is 1.79. The fourth-order valence-electron chi connectivity index (χ4n) is 3.06. The van der Waals surface area contributed by atoms with E-state index in [-0.39, 0.29) is 24.5 Å². The number of benzene rings is 1. The average Bonchev–Trinajstić information content (AvgIpc) is 3.24. The largest absolute Gasteiger partial charge is 0.410 e. The van der Waals surface area contributed by atoms with Crippen LogP contribution in [0.1, 0.15) is 12.0 Å². The second-order valence-corrected chi connectivity index (χ2v) is 6.91. The van der Waals surface area contributed by atoms with Gasteiger partial charge in [0.1, 0.15) is 11.3 Å². The maximum absolute atomic E-state index is 13.3. The molecule has 11 heteroatoms. The highest BCUT2D eigenvalue weighted by atomic mass is 35.5. The standard InChI is InChI=1S/C18H15ClFN5O4/c19-11-3-10(4-12(20)5-11)7-22-17(27)29-18(28)1-2-25(16(18)26)13-6-14-15(21-8-13)24-9-23-14/h3-6,8-9,28H,1-2,7H2,(H,22,27)(H,21,23,24). The second kappa shape index (κ2) is 7.30. The zero-order valence-electron chi connectivity index (χ0n) is 14.9. The lowest BCUT2D eigenvalue weighted by Crippen LogP contribution is -2.46. The van der Waals surface area contributed by atoms with Crippen molar-refractivity contribution in [3.05, 3.63) is 53.2 Å². The number of hydrogen-bond donors (Lipinski definition) is 3. The molecule has 1 fully saturated rings. The highest BCUT2D eigenvalue weighted by Gasteiger charge is 2.49. The third kappa shape index (κ3) is 3.84. The van der Waals surface area contributed by atoms with Crippen LogP contribution >= 0.6 is 11.6 Å². The lowest BCUT2D eigenvalue weighted by atomic mass is 10.2. The molecule has 150 valence electrons. The van der Waals surface area contributed by atoms with Crippen LogP contribution in [0.2, 0.25) is 5.02 Å². The van der Waals surface area contributed by atoms with Crippen LogP contribution in [0, 0.1) is 5.82 Å². The Hall–Kier alpha value is -3.24. The maximum atomic E-state index is 13.3. The van der Waals surface area contributed by atoms with Crippen LogP contribution < -0.4 is 10.2 Å². The monoisotopic (exact) mass is 419 g/mol. The van der Waals surface area contributed by atoms with E-state index in [1.807, 2.05) is 0 Å². The Balaban J connectivity index is 1.41. The van der Waals surface area contributed by atoms with Crippen molar-refractivity contribution in [1.82, 2.24) is 20.3 Å². The number of aromatic amines is 1. The van der Waals surface area contributed by atoms with Crippen LogP contribution in [0.5, 0.6) is 0 Å². The van der Waals surface area contributed by atoms with Crippen LogP contribution in [-0.2, 0) is 16.1 Å². The van der Waals surface area contributed by atoms with Crippen LogP contribution in [-0.4, -0.2) is 44.4 Å². The molecule has 1 aliphatic heterocycles. The number of carbonyl (C=O) groups is 2. The third-order valence-corrected chi connectivity index (χ3v) is 4.66. The van der Waals surface area contributed by atoms with Crippen molar-refractivity contribution in [1.29, 1.82) is 0 Å². The van der Waals surface area contributed by atoms with Gasteiger partial charge >= 0.3 is 6.09 Å². The first-order valence-electron chi connectivity index (χ1n) is 8.59. The minimum atomic E-state index is -2.32. The summed E-state index contributed by atoms with van der Waals surface area (Å²) in [7, 11) is 0. The average molecular weight is 420 g/mol. The lowest BCUT2D eigenvalue weighted by molar-refractivity contribution is -0.175. The van der Waals surface area contributed by atoms with Gasteiger partial charge in [-0.15, -0.1) is 0 Å². The fraction of sp³-hybridized carbons (Fsp3) is 0.222. The van der Waals surface area contributed by atoms with Crippen LogP contribution in [0.25, 0.3) is 11.2 Å². The maximum Gasteiger partial charge on any atom is 0.410 e. The van der Waals surface area contributed by atoms with E-state index in [0.29, 0.717) is 22.4 Å². The van der Waals surface area contributed by atoms with Crippen LogP contribution in [0.4, 0.5) is 14.9 Å². The molecule has 1 aliphatic rings. The summed E-state index contributed by atoms with van der Waals surface area (Å²) in [5.74, 6) is -3.66. The Morgan fingerprint density at radius 3 is 3.00 bits per heavy atom. The van der Waals surface area contributed by atoms with Gasteiger partial charge in [0, 0.05) is 24.5 Å². The van der Waals surface area contributed by atoms with Gasteiger partial charge in [-0.05, 0) is 29.8 Å². The van der Waals surface area contributed by atoms with E-state index in [1.54, 1.807) is 6.07 Å². The summed E-state index contributed by atoms with van der Waals surface area (Å²) in [6, 6.07) is 5.44. The minimum Gasteiger partial charge on any atom is -0.407 e. The van der Waals surface area contributed by atoms with Crippen LogP contribution in [0.3, 0.4) is 0 Å². The van der Waals surface area contributed by atoms with Gasteiger partial charge in [-0.1, -0.05) is 11.6 Å². The SMILES string of the molecule is O=C(NCc1cc(F)cc(Cl)c1)OC1(O)CCN(c2cnc3[nH]cnc3c2)C1=O. The number of aromatic nitrogens is 3. The zero-order chi connectivity index (χ0) is 20.6. The van der Waals surface area contributed by atoms with Gasteiger partial charge < -0.3 is 25.0 Å². The number of H-pyrrole nitrogens is 1. The third-order valence-electron chi connectivity index (χ3n) is 4.44. The predicted octanol–water partition coefficient (Wildman–Crippen LogP) is 2.10. The first-order chi connectivity index (χ1) is 13.8. The normalized spacial score (nSPS) is 19.0. The van der Waals surface area contributed by atoms with Crippen molar-refractivity contribution in [2.75, 3.05) is 11.4 Å². The van der Waals surface area contributed by atoms with Gasteiger partial charge in [0.05, 0.1) is 18.2 Å². The first kappa shape index (κ1) is 19.1. The highest BCUT2D eigenvalue weighted by Crippen LogP contribution is 2.30. The smallest absolute Gasteiger partial charge is 0.407 e. The van der Waals surface area contributed by atoms with Gasteiger partial charge in [-0.3, -0.25) is 4.79 Å². The van der Waals surface area contributed by atoms with E-state index in [2.05, 4.69) is 20.3 Å². The fourth-order valence-corrected chi connectivity index (χ4v) is 3.31. The van der Waals surface area contributed by atoms with Crippen molar-refractivity contribution in [2.45, 2.75) is 18.8 Å². The lowest BCUT2D eigenvalue weighted by Gasteiger charge is -2.22. The molecule has 3 heterocycles. The molecule has 3 aromatic rings. The number of alkyl carbamates (subject to hydrolysis) is 1. The zero-order valence-corrected chi connectivity index (χ0v) is 15.6. The number of ether oxygens (including phenoxy) is 1. The molecule has 9 nitrogen and oxygen atoms in total. The summed E-state index contributed by atoms with van der Waals surface area (Å²) < 4.78 is 18.3. The van der Waals surface area contributed by atoms with Gasteiger partial charge in [0.2, 0.25) is 0 Å². The Morgan fingerprint density at radius 1 is 1.38 bits per heavy atom. The van der Waals surface area contributed by atoms with Crippen molar-refractivity contribution in [2.24, 2.45) is 0 Å². The number of nitrogens with one attached hydrogen (secondary N) is 2. The van der Waals surface area contributed by atoms with Gasteiger partial charge in [0.15, 0.2) is 5.65 Å². The number of aliphatic hydroxyl groups is 1. The Bertz CT molecular complexity index is 1090. The molecule has 1 atom stereocenters. The molecule has 1 aromatic carbocycles. The van der Waals surface area contributed by atoms with Gasteiger partial charge in [-0.25, -0.2) is 19.2 Å². The summed E-state index contributed by atoms with van der Waals surface area (Å²) >= 11 is 5.76. The number of hydrogen-bond acceptors (Lipinski definition) is 6. The Morgan fingerprint density at radius 2 is 2.21 bits per heavy atom. The molecule has 2 amide bonds. The van der Waals surface area contributed by atoms with Crippen molar-refractivity contribution in [3.63, 3.8) is 0 Å². The Kier molecular flexibility index (Phi) is 4.81. The minimum absolute atomic E-state index is 0.0932. The number of anilines is 1. The van der Waals surface area contributed by atoms with E-state index in [9.17, 15) is 19.1 Å². The molecule has 4 rings (SSSR count). The number of pyridine rings is 1. The number of fused-ring (bicyclic) bond motifs is 1. The summed E-state index contributed by atoms with van der Waals surface area (Å²) in [5.41, 5.74) is 1.93. The predicted molar refractivity (Wildman–Crippen MR) is 101 cm³/mol. The number of carbonyl (C=O) groups excluding carboxylic acids is 2. The number of nitrogens with zero attached hydrogens (tertiary/aromatic N) is 3. The van der Waals surface area contributed by atoms with Crippen LogP contribution in [0.15, 0.2) is 36.8 Å². The molecule has 1 unspecified atom stereocenters. The quantitative estimate of drug-likeness (QED) is 0.557. The highest BCUT2D eigenvalue weighted by molar-refractivity contribution is 6.30. The topological polar surface area (TPSA) is 120 Å². The molecular formula is C18H15ClFN5O4. The molecule has 0 bridgehead atoms. The van der Waals surface area contributed by atoms with E-state index in [4.69, 9.17) is 16.3 Å². The Labute approximate surface area is 168 Å². The molecule has 2 aromatic heterocycles. The molecule has 0 radical (unpaired) electrons. The molecule has 0 aliphatic carbocycles. The number of rotatable bonds is 4. The summed E-state index contributed by atoms with van der Waals surface area (Å²) in [5, 5.41) is 13.1. The number of amides is 2. The number of halogens is 2. The second-order valence-electron chi connectivity index (χ2n) is 6.48. The van der Waals surface area contributed by atoms with Crippen molar-refractivity contribution in [3.8, 4) is 0 Å². The molecule has 29 heavy (non-hydrogen) atoms. The molecule has 1 saturated heterocycles. The van der Waals surface area contributed by atoms with Gasteiger partial charge in [-0.2, -0.15) is 0 Å². The number of imidazole rings is 1. The van der Waals surface area contributed by atoms with Gasteiger partial charge in [0.25, 0.3) is 11.7 Å². The van der Waals surface area contributed by atoms with Crippen molar-refractivity contribution >= 4 is 40.5 Å². The molecule has 3 N–H and O–H groups in total. The van der Waals surface area contributed by atoms with E-state index < -0.39 is 23.6 Å². The summed E-state index contributed by atoms with van der Waals surface area (Å²) in [4.78, 5) is 37.0. The van der Waals surface area contributed by atoms with Crippen molar-refractivity contribution < 1.29 is 23.8 Å². The first-order valence-corrected chi connectivity index (χ1v) is 8.97.